The average Bonchev–Trinajstić information content (AvgIpc) is 3.02. The highest BCUT2D eigenvalue weighted by molar-refractivity contribution is 5.46. The van der Waals surface area contributed by atoms with Gasteiger partial charge < -0.3 is 9.64 Å². The van der Waals surface area contributed by atoms with E-state index in [9.17, 15) is 0 Å². The molecule has 2 aromatic carbocycles. The van der Waals surface area contributed by atoms with Crippen LogP contribution >= 0.6 is 0 Å². The third-order valence-corrected chi connectivity index (χ3v) is 4.94. The van der Waals surface area contributed by atoms with Gasteiger partial charge in [0.2, 0.25) is 0 Å². The van der Waals surface area contributed by atoms with Crippen LogP contribution in [-0.4, -0.2) is 11.4 Å². The molecule has 1 heterocycles. The van der Waals surface area contributed by atoms with Gasteiger partial charge in [-0.25, -0.2) is 0 Å². The Balaban J connectivity index is 1.71. The molecule has 0 spiro atoms. The molecule has 1 unspecified atom stereocenters. The van der Waals surface area contributed by atoms with Crippen LogP contribution in [-0.2, 0) is 6.42 Å². The summed E-state index contributed by atoms with van der Waals surface area (Å²) in [6.45, 7) is 3.37. The molecular weight excluding hydrogens is 282 g/mol. The molecular formula is C21H23NO. The summed E-state index contributed by atoms with van der Waals surface area (Å²) in [4.78, 5) is 2.52. The SMILES string of the molecule is CC1=CN(C2CCCc3cccc(Oc4ccccc4)c32)CC1. The highest BCUT2D eigenvalue weighted by atomic mass is 16.5. The van der Waals surface area contributed by atoms with Crippen LogP contribution in [0.15, 0.2) is 60.3 Å². The maximum absolute atomic E-state index is 6.25. The van der Waals surface area contributed by atoms with Gasteiger partial charge in [-0.3, -0.25) is 0 Å². The number of benzene rings is 2. The van der Waals surface area contributed by atoms with E-state index in [1.807, 2.05) is 30.3 Å². The summed E-state index contributed by atoms with van der Waals surface area (Å²) in [5.41, 5.74) is 4.33. The Bertz CT molecular complexity index is 720. The standard InChI is InChI=1S/C21H23NO/c1-16-13-14-22(15-16)19-11-5-7-17-8-6-12-20(21(17)19)23-18-9-3-2-4-10-18/h2-4,6,8-10,12,15,19H,5,7,11,13-14H2,1H3. The first-order valence-electron chi connectivity index (χ1n) is 8.59. The van der Waals surface area contributed by atoms with Crippen molar-refractivity contribution in [1.29, 1.82) is 0 Å². The third kappa shape index (κ3) is 2.86. The molecule has 2 heteroatoms. The van der Waals surface area contributed by atoms with Gasteiger partial charge in [0, 0.05) is 12.1 Å². The smallest absolute Gasteiger partial charge is 0.132 e. The molecule has 1 aliphatic carbocycles. The van der Waals surface area contributed by atoms with Gasteiger partial charge in [0.1, 0.15) is 11.5 Å². The molecule has 0 bridgehead atoms. The van der Waals surface area contributed by atoms with Gasteiger partial charge in [-0.15, -0.1) is 0 Å². The minimum Gasteiger partial charge on any atom is -0.457 e. The average molecular weight is 305 g/mol. The fourth-order valence-electron chi connectivity index (χ4n) is 3.82. The molecule has 1 atom stereocenters. The first kappa shape index (κ1) is 14.4. The predicted molar refractivity (Wildman–Crippen MR) is 93.7 cm³/mol. The third-order valence-electron chi connectivity index (χ3n) is 4.94. The zero-order chi connectivity index (χ0) is 15.6. The van der Waals surface area contributed by atoms with Gasteiger partial charge in [-0.1, -0.05) is 35.9 Å². The van der Waals surface area contributed by atoms with Gasteiger partial charge in [-0.05, 0) is 62.6 Å². The number of para-hydroxylation sites is 1. The van der Waals surface area contributed by atoms with E-state index in [1.165, 1.54) is 36.0 Å². The molecule has 2 aromatic rings. The normalized spacial score (nSPS) is 20.1. The second-order valence-corrected chi connectivity index (χ2v) is 6.62. The zero-order valence-electron chi connectivity index (χ0n) is 13.7. The number of hydrogen-bond donors (Lipinski definition) is 0. The van der Waals surface area contributed by atoms with Crippen LogP contribution in [0.25, 0.3) is 0 Å². The molecule has 2 aliphatic rings. The lowest BCUT2D eigenvalue weighted by Gasteiger charge is -2.34. The predicted octanol–water partition coefficient (Wildman–Crippen LogP) is 5.47. The summed E-state index contributed by atoms with van der Waals surface area (Å²) in [5, 5.41) is 0. The van der Waals surface area contributed by atoms with E-state index >= 15 is 0 Å². The zero-order valence-corrected chi connectivity index (χ0v) is 13.7. The largest absolute Gasteiger partial charge is 0.457 e. The Morgan fingerprint density at radius 1 is 1.00 bits per heavy atom. The van der Waals surface area contributed by atoms with E-state index in [0.717, 1.165) is 24.5 Å². The fourth-order valence-corrected chi connectivity index (χ4v) is 3.82. The van der Waals surface area contributed by atoms with Crippen molar-refractivity contribution in [2.24, 2.45) is 0 Å². The van der Waals surface area contributed by atoms with Crippen LogP contribution in [0.2, 0.25) is 0 Å². The number of hydrogen-bond acceptors (Lipinski definition) is 2. The number of fused-ring (bicyclic) bond motifs is 1. The lowest BCUT2D eigenvalue weighted by molar-refractivity contribution is 0.264. The summed E-state index contributed by atoms with van der Waals surface area (Å²) in [6, 6.07) is 17.1. The Morgan fingerprint density at radius 3 is 2.65 bits per heavy atom. The van der Waals surface area contributed by atoms with Crippen molar-refractivity contribution < 1.29 is 4.74 Å². The molecule has 0 saturated carbocycles. The second-order valence-electron chi connectivity index (χ2n) is 6.62. The highest BCUT2D eigenvalue weighted by Gasteiger charge is 2.29. The molecule has 2 nitrogen and oxygen atoms in total. The van der Waals surface area contributed by atoms with Crippen LogP contribution < -0.4 is 4.74 Å². The van der Waals surface area contributed by atoms with Crippen molar-refractivity contribution in [3.8, 4) is 11.5 Å². The van der Waals surface area contributed by atoms with Gasteiger partial charge in [-0.2, -0.15) is 0 Å². The van der Waals surface area contributed by atoms with Crippen LogP contribution in [0.5, 0.6) is 11.5 Å². The molecule has 0 saturated heterocycles. The van der Waals surface area contributed by atoms with E-state index < -0.39 is 0 Å². The lowest BCUT2D eigenvalue weighted by atomic mass is 9.86. The van der Waals surface area contributed by atoms with Crippen LogP contribution in [0.3, 0.4) is 0 Å². The number of ether oxygens (including phenoxy) is 1. The van der Waals surface area contributed by atoms with Crippen LogP contribution in [0, 0.1) is 0 Å². The molecule has 0 aromatic heterocycles. The van der Waals surface area contributed by atoms with E-state index in [1.54, 1.807) is 0 Å². The minimum absolute atomic E-state index is 0.455. The molecule has 23 heavy (non-hydrogen) atoms. The summed E-state index contributed by atoms with van der Waals surface area (Å²) < 4.78 is 6.25. The molecule has 0 radical (unpaired) electrons. The molecule has 118 valence electrons. The summed E-state index contributed by atoms with van der Waals surface area (Å²) in [7, 11) is 0. The minimum atomic E-state index is 0.455. The maximum Gasteiger partial charge on any atom is 0.132 e. The van der Waals surface area contributed by atoms with E-state index in [2.05, 4.69) is 36.2 Å². The number of nitrogens with zero attached hydrogens (tertiary/aromatic N) is 1. The Morgan fingerprint density at radius 2 is 1.87 bits per heavy atom. The second kappa shape index (κ2) is 6.11. The van der Waals surface area contributed by atoms with Crippen molar-refractivity contribution in [2.75, 3.05) is 6.54 Å². The van der Waals surface area contributed by atoms with E-state index in [-0.39, 0.29) is 0 Å². The molecule has 0 amide bonds. The van der Waals surface area contributed by atoms with Gasteiger partial charge in [0.05, 0.1) is 6.04 Å². The van der Waals surface area contributed by atoms with Gasteiger partial charge >= 0.3 is 0 Å². The van der Waals surface area contributed by atoms with E-state index in [0.29, 0.717) is 6.04 Å². The molecule has 0 fully saturated rings. The first-order chi connectivity index (χ1) is 11.3. The van der Waals surface area contributed by atoms with Crippen LogP contribution in [0.4, 0.5) is 0 Å². The monoisotopic (exact) mass is 305 g/mol. The maximum atomic E-state index is 6.25. The highest BCUT2D eigenvalue weighted by Crippen LogP contribution is 2.42. The topological polar surface area (TPSA) is 12.5 Å². The summed E-state index contributed by atoms with van der Waals surface area (Å²) >= 11 is 0. The Hall–Kier alpha value is -2.22. The lowest BCUT2D eigenvalue weighted by Crippen LogP contribution is -2.26. The number of aryl methyl sites for hydroxylation is 1. The van der Waals surface area contributed by atoms with Crippen LogP contribution in [0.1, 0.15) is 43.4 Å². The molecule has 0 N–H and O–H groups in total. The molecule has 4 rings (SSSR count). The van der Waals surface area contributed by atoms with Crippen molar-refractivity contribution in [1.82, 2.24) is 4.90 Å². The fraction of sp³-hybridized carbons (Fsp3) is 0.333. The van der Waals surface area contributed by atoms with Crippen molar-refractivity contribution in [3.05, 3.63) is 71.4 Å². The Labute approximate surface area is 138 Å². The van der Waals surface area contributed by atoms with Crippen molar-refractivity contribution in [2.45, 2.75) is 38.6 Å². The van der Waals surface area contributed by atoms with Crippen molar-refractivity contribution >= 4 is 0 Å². The van der Waals surface area contributed by atoms with Crippen molar-refractivity contribution in [3.63, 3.8) is 0 Å². The number of rotatable bonds is 3. The van der Waals surface area contributed by atoms with Gasteiger partial charge in [0.15, 0.2) is 0 Å². The summed E-state index contributed by atoms with van der Waals surface area (Å²) in [6.07, 6.45) is 7.17. The quantitative estimate of drug-likeness (QED) is 0.746. The molecule has 1 aliphatic heterocycles. The first-order valence-corrected chi connectivity index (χ1v) is 8.59. The van der Waals surface area contributed by atoms with Gasteiger partial charge in [0.25, 0.3) is 0 Å². The Kier molecular flexibility index (Phi) is 3.82. The van der Waals surface area contributed by atoms with E-state index in [4.69, 9.17) is 4.74 Å². The summed E-state index contributed by atoms with van der Waals surface area (Å²) in [5.74, 6) is 1.94.